The van der Waals surface area contributed by atoms with Gasteiger partial charge in [-0.15, -0.1) is 0 Å². The van der Waals surface area contributed by atoms with Crippen LogP contribution in [0.15, 0.2) is 30.0 Å². The lowest BCUT2D eigenvalue weighted by Crippen LogP contribution is -2.41. The summed E-state index contributed by atoms with van der Waals surface area (Å²) in [5.41, 5.74) is -0.405. The molecule has 0 saturated carbocycles. The molecular weight excluding hydrogens is 258 g/mol. The molecule has 1 aliphatic rings. The van der Waals surface area contributed by atoms with Gasteiger partial charge in [0, 0.05) is 5.56 Å². The van der Waals surface area contributed by atoms with E-state index in [2.05, 4.69) is 0 Å². The van der Waals surface area contributed by atoms with E-state index in [4.69, 9.17) is 9.31 Å². The second-order valence-electron chi connectivity index (χ2n) is 5.90. The maximum absolute atomic E-state index is 14.2. The third-order valence-electron chi connectivity index (χ3n) is 3.86. The van der Waals surface area contributed by atoms with Crippen molar-refractivity contribution in [3.05, 3.63) is 41.1 Å². The van der Waals surface area contributed by atoms with Gasteiger partial charge in [-0.1, -0.05) is 24.3 Å². The zero-order valence-electron chi connectivity index (χ0n) is 12.1. The Morgan fingerprint density at radius 1 is 1.05 bits per heavy atom. The predicted molar refractivity (Wildman–Crippen MR) is 77.0 cm³/mol. The highest BCUT2D eigenvalue weighted by molar-refractivity contribution is 6.54. The van der Waals surface area contributed by atoms with Gasteiger partial charge in [0.2, 0.25) is 0 Å². The number of benzene rings is 1. The summed E-state index contributed by atoms with van der Waals surface area (Å²) in [7, 11) is -0.995. The Morgan fingerprint density at radius 2 is 1.50 bits per heavy atom. The minimum Gasteiger partial charge on any atom is -0.398 e. The molecule has 1 aliphatic heterocycles. The lowest BCUT2D eigenvalue weighted by Gasteiger charge is -2.32. The van der Waals surface area contributed by atoms with Gasteiger partial charge in [0.05, 0.1) is 11.2 Å². The molecule has 0 spiro atoms. The first kappa shape index (κ1) is 14.9. The number of halogens is 1. The van der Waals surface area contributed by atoms with E-state index in [1.165, 1.54) is 6.08 Å². The Labute approximate surface area is 118 Å². The van der Waals surface area contributed by atoms with Gasteiger partial charge in [-0.25, -0.2) is 4.39 Å². The molecule has 0 unspecified atom stereocenters. The highest BCUT2D eigenvalue weighted by Gasteiger charge is 2.52. The van der Waals surface area contributed by atoms with Gasteiger partial charge in [0.15, 0.2) is 0 Å². The quantitative estimate of drug-likeness (QED) is 0.626. The van der Waals surface area contributed by atoms with E-state index in [9.17, 15) is 9.18 Å². The van der Waals surface area contributed by atoms with Gasteiger partial charge in [-0.2, -0.15) is 0 Å². The van der Waals surface area contributed by atoms with Crippen LogP contribution in [0.1, 0.15) is 43.6 Å². The molecule has 3 nitrogen and oxygen atoms in total. The largest absolute Gasteiger partial charge is 0.525 e. The average molecular weight is 276 g/mol. The van der Waals surface area contributed by atoms with Crippen LogP contribution in [0.25, 0.3) is 6.08 Å². The number of carbonyl (C=O) groups excluding carboxylic acids is 1. The summed E-state index contributed by atoms with van der Waals surface area (Å²) >= 11 is 0. The SMILES string of the molecule is CC1(C)OB(C(F)=Cc2ccc(C=O)cc2)OC1(C)C. The van der Waals surface area contributed by atoms with Crippen molar-refractivity contribution in [2.75, 3.05) is 0 Å². The fourth-order valence-corrected chi connectivity index (χ4v) is 1.85. The van der Waals surface area contributed by atoms with E-state index in [0.717, 1.165) is 6.29 Å². The minimum atomic E-state index is -0.995. The molecule has 20 heavy (non-hydrogen) atoms. The molecule has 0 N–H and O–H groups in total. The Hall–Kier alpha value is -1.46. The molecule has 106 valence electrons. The van der Waals surface area contributed by atoms with Crippen molar-refractivity contribution in [3.8, 4) is 0 Å². The molecule has 1 saturated heterocycles. The summed E-state index contributed by atoms with van der Waals surface area (Å²) in [4.78, 5) is 10.6. The molecule has 1 aromatic carbocycles. The van der Waals surface area contributed by atoms with Crippen LogP contribution < -0.4 is 0 Å². The Bertz CT molecular complexity index is 519. The van der Waals surface area contributed by atoms with Crippen LogP contribution in [-0.2, 0) is 9.31 Å². The molecule has 1 heterocycles. The molecule has 0 aliphatic carbocycles. The van der Waals surface area contributed by atoms with Crippen LogP contribution in [0.4, 0.5) is 4.39 Å². The molecule has 5 heteroatoms. The summed E-state index contributed by atoms with van der Waals surface area (Å²) < 4.78 is 25.4. The van der Waals surface area contributed by atoms with Crippen molar-refractivity contribution in [1.29, 1.82) is 0 Å². The van der Waals surface area contributed by atoms with Crippen LogP contribution >= 0.6 is 0 Å². The monoisotopic (exact) mass is 276 g/mol. The molecule has 2 rings (SSSR count). The first-order valence-electron chi connectivity index (χ1n) is 6.53. The van der Waals surface area contributed by atoms with Crippen LogP contribution in [0.2, 0.25) is 0 Å². The lowest BCUT2D eigenvalue weighted by molar-refractivity contribution is 0.00578. The van der Waals surface area contributed by atoms with Crippen molar-refractivity contribution in [1.82, 2.24) is 0 Å². The summed E-state index contributed by atoms with van der Waals surface area (Å²) in [6.45, 7) is 7.50. The van der Waals surface area contributed by atoms with Gasteiger partial charge in [-0.3, -0.25) is 4.79 Å². The Kier molecular flexibility index (Phi) is 3.85. The van der Waals surface area contributed by atoms with E-state index in [1.807, 2.05) is 27.7 Å². The lowest BCUT2D eigenvalue weighted by atomic mass is 9.87. The van der Waals surface area contributed by atoms with Crippen LogP contribution in [0, 0.1) is 0 Å². The van der Waals surface area contributed by atoms with Crippen molar-refractivity contribution in [3.63, 3.8) is 0 Å². The first-order chi connectivity index (χ1) is 9.25. The Morgan fingerprint density at radius 3 is 1.95 bits per heavy atom. The van der Waals surface area contributed by atoms with Crippen molar-refractivity contribution in [2.45, 2.75) is 38.9 Å². The van der Waals surface area contributed by atoms with Crippen molar-refractivity contribution < 1.29 is 18.5 Å². The third kappa shape index (κ3) is 2.84. The van der Waals surface area contributed by atoms with E-state index in [-0.39, 0.29) is 0 Å². The molecule has 0 aromatic heterocycles. The summed E-state index contributed by atoms with van der Waals surface area (Å²) in [6, 6.07) is 6.62. The zero-order chi connectivity index (χ0) is 15.0. The second kappa shape index (κ2) is 5.15. The number of carbonyl (C=O) groups is 1. The highest BCUT2D eigenvalue weighted by atomic mass is 19.1. The van der Waals surface area contributed by atoms with Crippen LogP contribution in [0.5, 0.6) is 0 Å². The van der Waals surface area contributed by atoms with E-state index in [1.54, 1.807) is 24.3 Å². The smallest absolute Gasteiger partial charge is 0.398 e. The first-order valence-corrected chi connectivity index (χ1v) is 6.53. The van der Waals surface area contributed by atoms with E-state index in [0.29, 0.717) is 11.1 Å². The maximum Gasteiger partial charge on any atom is 0.525 e. The standard InChI is InChI=1S/C15H18BFO3/c1-14(2)15(3,4)20-16(19-14)13(17)9-11-5-7-12(10-18)8-6-11/h5-10H,1-4H3. The number of aldehydes is 1. The second-order valence-corrected chi connectivity index (χ2v) is 5.90. The number of rotatable bonds is 3. The maximum atomic E-state index is 14.2. The zero-order valence-corrected chi connectivity index (χ0v) is 12.1. The third-order valence-corrected chi connectivity index (χ3v) is 3.86. The van der Waals surface area contributed by atoms with Crippen molar-refractivity contribution >= 4 is 19.5 Å². The molecular formula is C15H18BFO3. The van der Waals surface area contributed by atoms with Gasteiger partial charge >= 0.3 is 7.12 Å². The minimum absolute atomic E-state index is 0.484. The molecule has 0 amide bonds. The number of hydrogen-bond donors (Lipinski definition) is 0. The summed E-state index contributed by atoms with van der Waals surface area (Å²) in [5, 5.41) is 0. The van der Waals surface area contributed by atoms with Crippen LogP contribution in [0.3, 0.4) is 0 Å². The molecule has 0 bridgehead atoms. The van der Waals surface area contributed by atoms with Gasteiger partial charge in [0.25, 0.3) is 0 Å². The Balaban J connectivity index is 2.17. The average Bonchev–Trinajstić information content (AvgIpc) is 2.59. The van der Waals surface area contributed by atoms with Gasteiger partial charge in [-0.05, 0) is 39.3 Å². The number of hydrogen-bond acceptors (Lipinski definition) is 3. The fraction of sp³-hybridized carbons (Fsp3) is 0.400. The summed E-state index contributed by atoms with van der Waals surface area (Å²) in [5.74, 6) is 0. The van der Waals surface area contributed by atoms with E-state index < -0.39 is 24.0 Å². The van der Waals surface area contributed by atoms with Gasteiger partial charge in [0.1, 0.15) is 12.0 Å². The van der Waals surface area contributed by atoms with E-state index >= 15 is 0 Å². The van der Waals surface area contributed by atoms with Crippen LogP contribution in [-0.4, -0.2) is 24.6 Å². The molecule has 1 aromatic rings. The molecule has 0 radical (unpaired) electrons. The molecule has 1 fully saturated rings. The summed E-state index contributed by atoms with van der Waals surface area (Å²) in [6.07, 6.45) is 2.11. The fourth-order valence-electron chi connectivity index (χ4n) is 1.85. The topological polar surface area (TPSA) is 35.5 Å². The molecule has 0 atom stereocenters. The normalized spacial score (nSPS) is 21.1. The highest BCUT2D eigenvalue weighted by Crippen LogP contribution is 2.39. The van der Waals surface area contributed by atoms with Crippen molar-refractivity contribution in [2.24, 2.45) is 0 Å². The van der Waals surface area contributed by atoms with Gasteiger partial charge < -0.3 is 9.31 Å². The predicted octanol–water partition coefficient (Wildman–Crippen LogP) is 3.44.